The van der Waals surface area contributed by atoms with E-state index in [1.807, 2.05) is 6.07 Å². The average molecular weight is 279 g/mol. The molecule has 0 unspecified atom stereocenters. The van der Waals surface area contributed by atoms with Crippen LogP contribution in [0.5, 0.6) is 0 Å². The Hall–Kier alpha value is -0.0600. The van der Waals surface area contributed by atoms with Crippen molar-refractivity contribution in [1.29, 1.82) is 0 Å². The van der Waals surface area contributed by atoms with Crippen LogP contribution in [0, 0.1) is 5.82 Å². The molecule has 0 radical (unpaired) electrons. The Morgan fingerprint density at radius 2 is 2.14 bits per heavy atom. The molecule has 0 spiro atoms. The van der Waals surface area contributed by atoms with Crippen molar-refractivity contribution in [1.82, 2.24) is 0 Å². The second-order valence-electron chi connectivity index (χ2n) is 2.91. The lowest BCUT2D eigenvalue weighted by molar-refractivity contribution is 0.296. The van der Waals surface area contributed by atoms with E-state index in [0.29, 0.717) is 0 Å². The number of benzene rings is 1. The monoisotopic (exact) mass is 278 g/mol. The Labute approximate surface area is 95.8 Å². The number of rotatable bonds is 5. The quantitative estimate of drug-likeness (QED) is 0.835. The van der Waals surface area contributed by atoms with Gasteiger partial charge in [0, 0.05) is 16.8 Å². The van der Waals surface area contributed by atoms with Crippen LogP contribution in [0.3, 0.4) is 0 Å². The maximum absolute atomic E-state index is 12.9. The minimum Gasteiger partial charge on any atom is -0.396 e. The molecule has 0 bridgehead atoms. The zero-order chi connectivity index (χ0) is 10.4. The summed E-state index contributed by atoms with van der Waals surface area (Å²) in [6, 6.07) is 4.90. The third-order valence-electron chi connectivity index (χ3n) is 1.64. The molecular formula is C10H12BrFOS. The fourth-order valence-electron chi connectivity index (χ4n) is 1.05. The van der Waals surface area contributed by atoms with Crippen LogP contribution in [-0.4, -0.2) is 17.5 Å². The standard InChI is InChI=1S/C10H12BrFOS/c11-9-4-8(5-10(12)6-9)7-14-3-1-2-13/h4-6,13H,1-3,7H2. The van der Waals surface area contributed by atoms with Gasteiger partial charge in [-0.15, -0.1) is 0 Å². The van der Waals surface area contributed by atoms with Gasteiger partial charge < -0.3 is 5.11 Å². The molecule has 4 heteroatoms. The summed E-state index contributed by atoms with van der Waals surface area (Å²) in [6.07, 6.45) is 0.793. The van der Waals surface area contributed by atoms with E-state index < -0.39 is 0 Å². The lowest BCUT2D eigenvalue weighted by Gasteiger charge is -2.02. The smallest absolute Gasteiger partial charge is 0.124 e. The predicted molar refractivity (Wildman–Crippen MR) is 62.0 cm³/mol. The number of hydrogen-bond acceptors (Lipinski definition) is 2. The molecule has 14 heavy (non-hydrogen) atoms. The first kappa shape index (κ1) is 12.0. The zero-order valence-corrected chi connectivity index (χ0v) is 10.1. The van der Waals surface area contributed by atoms with E-state index in [0.717, 1.165) is 28.0 Å². The Balaban J connectivity index is 2.42. The molecule has 0 amide bonds. The third-order valence-corrected chi connectivity index (χ3v) is 3.21. The van der Waals surface area contributed by atoms with Crippen LogP contribution in [0.2, 0.25) is 0 Å². The van der Waals surface area contributed by atoms with Crippen LogP contribution in [-0.2, 0) is 5.75 Å². The molecule has 1 aromatic carbocycles. The molecule has 78 valence electrons. The number of aliphatic hydroxyl groups is 1. The highest BCUT2D eigenvalue weighted by Crippen LogP contribution is 2.19. The van der Waals surface area contributed by atoms with E-state index in [9.17, 15) is 4.39 Å². The summed E-state index contributed by atoms with van der Waals surface area (Å²) in [7, 11) is 0. The highest BCUT2D eigenvalue weighted by Gasteiger charge is 1.99. The van der Waals surface area contributed by atoms with Crippen molar-refractivity contribution in [3.63, 3.8) is 0 Å². The fourth-order valence-corrected chi connectivity index (χ4v) is 2.44. The molecule has 0 aliphatic rings. The largest absolute Gasteiger partial charge is 0.396 e. The van der Waals surface area contributed by atoms with Crippen molar-refractivity contribution in [2.45, 2.75) is 12.2 Å². The maximum Gasteiger partial charge on any atom is 0.124 e. The molecule has 1 N–H and O–H groups in total. The molecule has 0 fully saturated rings. The van der Waals surface area contributed by atoms with Crippen molar-refractivity contribution in [3.05, 3.63) is 34.1 Å². The summed E-state index contributed by atoms with van der Waals surface area (Å²) in [5.74, 6) is 1.48. The van der Waals surface area contributed by atoms with Crippen molar-refractivity contribution in [2.75, 3.05) is 12.4 Å². The number of hydrogen-bond donors (Lipinski definition) is 1. The lowest BCUT2D eigenvalue weighted by Crippen LogP contribution is -1.88. The van der Waals surface area contributed by atoms with Crippen molar-refractivity contribution in [2.24, 2.45) is 0 Å². The van der Waals surface area contributed by atoms with Crippen LogP contribution in [0.25, 0.3) is 0 Å². The first-order chi connectivity index (χ1) is 6.72. The minimum atomic E-state index is -0.211. The third kappa shape index (κ3) is 4.44. The van der Waals surface area contributed by atoms with E-state index in [1.165, 1.54) is 12.1 Å². The maximum atomic E-state index is 12.9. The van der Waals surface area contributed by atoms with Crippen LogP contribution in [0.4, 0.5) is 4.39 Å². The highest BCUT2D eigenvalue weighted by molar-refractivity contribution is 9.10. The molecule has 1 rings (SSSR count). The lowest BCUT2D eigenvalue weighted by atomic mass is 10.2. The van der Waals surface area contributed by atoms with Gasteiger partial charge in [0.15, 0.2) is 0 Å². The number of thioether (sulfide) groups is 1. The molecule has 0 heterocycles. The summed E-state index contributed by atoms with van der Waals surface area (Å²) in [6.45, 7) is 0.222. The van der Waals surface area contributed by atoms with Crippen molar-refractivity contribution >= 4 is 27.7 Å². The van der Waals surface area contributed by atoms with Gasteiger partial charge in [0.1, 0.15) is 5.82 Å². The molecule has 1 aromatic rings. The van der Waals surface area contributed by atoms with Gasteiger partial charge in [-0.3, -0.25) is 0 Å². The average Bonchev–Trinajstić information content (AvgIpc) is 2.11. The van der Waals surface area contributed by atoms with Gasteiger partial charge in [0.25, 0.3) is 0 Å². The van der Waals surface area contributed by atoms with Crippen LogP contribution in [0.15, 0.2) is 22.7 Å². The van der Waals surface area contributed by atoms with Crippen LogP contribution >= 0.6 is 27.7 Å². The summed E-state index contributed by atoms with van der Waals surface area (Å²) in [4.78, 5) is 0. The van der Waals surface area contributed by atoms with Gasteiger partial charge in [-0.25, -0.2) is 4.39 Å². The van der Waals surface area contributed by atoms with Crippen molar-refractivity contribution < 1.29 is 9.50 Å². The van der Waals surface area contributed by atoms with E-state index >= 15 is 0 Å². The van der Waals surface area contributed by atoms with Gasteiger partial charge in [-0.1, -0.05) is 15.9 Å². The second kappa shape index (κ2) is 6.43. The topological polar surface area (TPSA) is 20.2 Å². The summed E-state index contributed by atoms with van der Waals surface area (Å²) >= 11 is 4.95. The van der Waals surface area contributed by atoms with Crippen molar-refractivity contribution in [3.8, 4) is 0 Å². The highest BCUT2D eigenvalue weighted by atomic mass is 79.9. The zero-order valence-electron chi connectivity index (χ0n) is 7.67. The van der Waals surface area contributed by atoms with Gasteiger partial charge in [0.2, 0.25) is 0 Å². The van der Waals surface area contributed by atoms with E-state index in [2.05, 4.69) is 15.9 Å². The van der Waals surface area contributed by atoms with Crippen LogP contribution < -0.4 is 0 Å². The van der Waals surface area contributed by atoms with Crippen LogP contribution in [0.1, 0.15) is 12.0 Å². The van der Waals surface area contributed by atoms with Gasteiger partial charge in [-0.05, 0) is 35.9 Å². The van der Waals surface area contributed by atoms with Gasteiger partial charge >= 0.3 is 0 Å². The predicted octanol–water partition coefficient (Wildman–Crippen LogP) is 3.20. The fraction of sp³-hybridized carbons (Fsp3) is 0.400. The molecule has 0 atom stereocenters. The molecule has 1 nitrogen and oxygen atoms in total. The first-order valence-electron chi connectivity index (χ1n) is 4.36. The molecule has 0 saturated carbocycles. The van der Waals surface area contributed by atoms with Gasteiger partial charge in [0.05, 0.1) is 0 Å². The summed E-state index contributed by atoms with van der Waals surface area (Å²) in [5, 5.41) is 8.57. The first-order valence-corrected chi connectivity index (χ1v) is 6.30. The molecule has 0 saturated heterocycles. The molecular weight excluding hydrogens is 267 g/mol. The SMILES string of the molecule is OCCCSCc1cc(F)cc(Br)c1. The molecule has 0 aliphatic heterocycles. The summed E-state index contributed by atoms with van der Waals surface area (Å²) in [5.41, 5.74) is 0.972. The van der Waals surface area contributed by atoms with Gasteiger partial charge in [-0.2, -0.15) is 11.8 Å². The Morgan fingerprint density at radius 3 is 2.79 bits per heavy atom. The number of aliphatic hydroxyl groups excluding tert-OH is 1. The Morgan fingerprint density at radius 1 is 1.36 bits per heavy atom. The Kier molecular flexibility index (Phi) is 5.52. The summed E-state index contributed by atoms with van der Waals surface area (Å²) < 4.78 is 13.7. The molecule has 0 aliphatic carbocycles. The molecule has 0 aromatic heterocycles. The normalized spacial score (nSPS) is 10.5. The second-order valence-corrected chi connectivity index (χ2v) is 4.93. The van der Waals surface area contributed by atoms with E-state index in [1.54, 1.807) is 11.8 Å². The van der Waals surface area contributed by atoms with E-state index in [4.69, 9.17) is 5.11 Å². The van der Waals surface area contributed by atoms with E-state index in [-0.39, 0.29) is 12.4 Å². The minimum absolute atomic E-state index is 0.211. The Bertz CT molecular complexity index is 273. The number of halogens is 2.